The van der Waals surface area contributed by atoms with Gasteiger partial charge in [0.15, 0.2) is 5.76 Å². The van der Waals surface area contributed by atoms with Gasteiger partial charge in [-0.05, 0) is 52.9 Å². The van der Waals surface area contributed by atoms with Gasteiger partial charge in [0, 0.05) is 8.04 Å². The van der Waals surface area contributed by atoms with Crippen LogP contribution in [0.5, 0.6) is 0 Å². The number of hydrogen-bond donors (Lipinski definition) is 1. The van der Waals surface area contributed by atoms with Crippen LogP contribution in [0.15, 0.2) is 45.5 Å². The molecular formula is C11H7BrINO2. The molecule has 0 bridgehead atoms. The molecule has 2 aromatic rings. The fraction of sp³-hybridized carbons (Fsp3) is 0. The Bertz CT molecular complexity index is 511. The van der Waals surface area contributed by atoms with Crippen LogP contribution in [0, 0.1) is 3.57 Å². The van der Waals surface area contributed by atoms with Gasteiger partial charge in [-0.1, -0.05) is 15.9 Å². The van der Waals surface area contributed by atoms with Crippen LogP contribution in [0.3, 0.4) is 0 Å². The number of anilines is 1. The van der Waals surface area contributed by atoms with E-state index in [2.05, 4.69) is 43.8 Å². The van der Waals surface area contributed by atoms with Crippen molar-refractivity contribution in [1.82, 2.24) is 0 Å². The number of benzene rings is 1. The zero-order valence-corrected chi connectivity index (χ0v) is 11.8. The van der Waals surface area contributed by atoms with Gasteiger partial charge in [0.2, 0.25) is 0 Å². The average Bonchev–Trinajstić information content (AvgIpc) is 2.75. The van der Waals surface area contributed by atoms with Gasteiger partial charge in [-0.3, -0.25) is 4.79 Å². The summed E-state index contributed by atoms with van der Waals surface area (Å²) in [7, 11) is 0. The second-order valence-corrected chi connectivity index (χ2v) is 5.13. The van der Waals surface area contributed by atoms with Crippen LogP contribution in [0.1, 0.15) is 10.6 Å². The minimum Gasteiger partial charge on any atom is -0.459 e. The Labute approximate surface area is 114 Å². The number of hydrogen-bond acceptors (Lipinski definition) is 2. The molecule has 0 aliphatic heterocycles. The number of rotatable bonds is 2. The Hall–Kier alpha value is -0.820. The van der Waals surface area contributed by atoms with Crippen LogP contribution >= 0.6 is 38.5 Å². The number of carbonyl (C=O) groups excluding carboxylic acids is 1. The minimum absolute atomic E-state index is 0.245. The first-order chi connectivity index (χ1) is 7.66. The predicted molar refractivity (Wildman–Crippen MR) is 73.5 cm³/mol. The molecule has 1 aromatic carbocycles. The van der Waals surface area contributed by atoms with Gasteiger partial charge in [-0.25, -0.2) is 0 Å². The zero-order chi connectivity index (χ0) is 11.5. The molecule has 0 fully saturated rings. The summed E-state index contributed by atoms with van der Waals surface area (Å²) in [5.41, 5.74) is 0.769. The topological polar surface area (TPSA) is 42.2 Å². The molecule has 0 radical (unpaired) electrons. The molecule has 3 nitrogen and oxygen atoms in total. The highest BCUT2D eigenvalue weighted by Crippen LogP contribution is 2.23. The van der Waals surface area contributed by atoms with Crippen molar-refractivity contribution in [2.45, 2.75) is 0 Å². The third-order valence-electron chi connectivity index (χ3n) is 1.92. The molecule has 0 atom stereocenters. The normalized spacial score (nSPS) is 10.1. The number of halogens is 2. The van der Waals surface area contributed by atoms with Crippen LogP contribution in [0.4, 0.5) is 5.69 Å². The molecule has 16 heavy (non-hydrogen) atoms. The van der Waals surface area contributed by atoms with Crippen molar-refractivity contribution in [2.75, 3.05) is 5.32 Å². The van der Waals surface area contributed by atoms with E-state index in [1.807, 2.05) is 18.2 Å². The molecule has 82 valence electrons. The van der Waals surface area contributed by atoms with E-state index in [9.17, 15) is 4.79 Å². The molecule has 2 rings (SSSR count). The monoisotopic (exact) mass is 391 g/mol. The minimum atomic E-state index is -0.245. The highest BCUT2D eigenvalue weighted by atomic mass is 127. The van der Waals surface area contributed by atoms with E-state index in [-0.39, 0.29) is 5.91 Å². The molecule has 1 amide bonds. The third kappa shape index (κ3) is 2.65. The first-order valence-corrected chi connectivity index (χ1v) is 6.34. The standard InChI is InChI=1S/C11H7BrINO2/c12-7-3-4-9(8(13)6-7)14-11(15)10-2-1-5-16-10/h1-6H,(H,14,15). The van der Waals surface area contributed by atoms with E-state index in [0.717, 1.165) is 13.7 Å². The Morgan fingerprint density at radius 2 is 2.19 bits per heavy atom. The second kappa shape index (κ2) is 5.01. The predicted octanol–water partition coefficient (Wildman–Crippen LogP) is 3.90. The average molecular weight is 392 g/mol. The van der Waals surface area contributed by atoms with Crippen LogP contribution in [-0.2, 0) is 0 Å². The summed E-state index contributed by atoms with van der Waals surface area (Å²) in [6.07, 6.45) is 1.47. The molecule has 0 unspecified atom stereocenters. The van der Waals surface area contributed by atoms with Crippen LogP contribution in [-0.4, -0.2) is 5.91 Å². The fourth-order valence-corrected chi connectivity index (χ4v) is 2.62. The lowest BCUT2D eigenvalue weighted by Gasteiger charge is -2.05. The number of furan rings is 1. The van der Waals surface area contributed by atoms with Crippen molar-refractivity contribution in [3.05, 3.63) is 50.4 Å². The zero-order valence-electron chi connectivity index (χ0n) is 8.04. The third-order valence-corrected chi connectivity index (χ3v) is 3.31. The summed E-state index contributed by atoms with van der Waals surface area (Å²) in [4.78, 5) is 11.7. The summed E-state index contributed by atoms with van der Waals surface area (Å²) >= 11 is 5.53. The Kier molecular flexibility index (Phi) is 3.65. The van der Waals surface area contributed by atoms with Crippen molar-refractivity contribution in [3.63, 3.8) is 0 Å². The number of amides is 1. The molecule has 1 heterocycles. The Morgan fingerprint density at radius 3 is 2.81 bits per heavy atom. The number of carbonyl (C=O) groups is 1. The molecule has 1 aromatic heterocycles. The lowest BCUT2D eigenvalue weighted by atomic mass is 10.3. The summed E-state index contributed by atoms with van der Waals surface area (Å²) < 4.78 is 6.95. The number of nitrogens with one attached hydrogen (secondary N) is 1. The smallest absolute Gasteiger partial charge is 0.291 e. The molecule has 0 saturated carbocycles. The molecule has 5 heteroatoms. The van der Waals surface area contributed by atoms with Crippen LogP contribution in [0.2, 0.25) is 0 Å². The maximum Gasteiger partial charge on any atom is 0.291 e. The van der Waals surface area contributed by atoms with Gasteiger partial charge < -0.3 is 9.73 Å². The van der Waals surface area contributed by atoms with Crippen molar-refractivity contribution in [3.8, 4) is 0 Å². The van der Waals surface area contributed by atoms with E-state index in [1.165, 1.54) is 6.26 Å². The van der Waals surface area contributed by atoms with Crippen molar-refractivity contribution >= 4 is 50.1 Å². The molecule has 0 saturated heterocycles. The van der Waals surface area contributed by atoms with E-state index in [0.29, 0.717) is 5.76 Å². The first kappa shape index (κ1) is 11.7. The van der Waals surface area contributed by atoms with Crippen molar-refractivity contribution in [1.29, 1.82) is 0 Å². The van der Waals surface area contributed by atoms with Crippen LogP contribution < -0.4 is 5.32 Å². The van der Waals surface area contributed by atoms with E-state index in [4.69, 9.17) is 4.42 Å². The quantitative estimate of drug-likeness (QED) is 0.789. The molecule has 1 N–H and O–H groups in total. The summed E-state index contributed by atoms with van der Waals surface area (Å²) in [5.74, 6) is 0.0592. The lowest BCUT2D eigenvalue weighted by molar-refractivity contribution is 0.0996. The highest BCUT2D eigenvalue weighted by Gasteiger charge is 2.10. The molecule has 0 aliphatic rings. The SMILES string of the molecule is O=C(Nc1ccc(Br)cc1I)c1ccco1. The largest absolute Gasteiger partial charge is 0.459 e. The molecular weight excluding hydrogens is 385 g/mol. The Balaban J connectivity index is 2.18. The van der Waals surface area contributed by atoms with Gasteiger partial charge in [0.25, 0.3) is 5.91 Å². The second-order valence-electron chi connectivity index (χ2n) is 3.06. The fourth-order valence-electron chi connectivity index (χ4n) is 1.18. The molecule has 0 aliphatic carbocycles. The van der Waals surface area contributed by atoms with Crippen LogP contribution in [0.25, 0.3) is 0 Å². The summed E-state index contributed by atoms with van der Waals surface area (Å²) in [6, 6.07) is 8.95. The van der Waals surface area contributed by atoms with E-state index >= 15 is 0 Å². The van der Waals surface area contributed by atoms with E-state index in [1.54, 1.807) is 12.1 Å². The van der Waals surface area contributed by atoms with E-state index < -0.39 is 0 Å². The molecule has 0 spiro atoms. The van der Waals surface area contributed by atoms with Gasteiger partial charge in [-0.15, -0.1) is 0 Å². The van der Waals surface area contributed by atoms with Gasteiger partial charge >= 0.3 is 0 Å². The Morgan fingerprint density at radius 1 is 1.38 bits per heavy atom. The first-order valence-electron chi connectivity index (χ1n) is 4.47. The maximum atomic E-state index is 11.7. The highest BCUT2D eigenvalue weighted by molar-refractivity contribution is 14.1. The van der Waals surface area contributed by atoms with Gasteiger partial charge in [-0.2, -0.15) is 0 Å². The van der Waals surface area contributed by atoms with Crippen molar-refractivity contribution < 1.29 is 9.21 Å². The van der Waals surface area contributed by atoms with Gasteiger partial charge in [0.1, 0.15) is 0 Å². The van der Waals surface area contributed by atoms with Gasteiger partial charge in [0.05, 0.1) is 12.0 Å². The maximum absolute atomic E-state index is 11.7. The lowest BCUT2D eigenvalue weighted by Crippen LogP contribution is -2.11. The summed E-state index contributed by atoms with van der Waals surface area (Å²) in [5, 5.41) is 2.78. The summed E-state index contributed by atoms with van der Waals surface area (Å²) in [6.45, 7) is 0. The van der Waals surface area contributed by atoms with Crippen molar-refractivity contribution in [2.24, 2.45) is 0 Å².